The van der Waals surface area contributed by atoms with Crippen molar-refractivity contribution in [2.75, 3.05) is 20.7 Å². The zero-order chi connectivity index (χ0) is 21.7. The first kappa shape index (κ1) is 19.5. The number of likely N-dealkylation sites (N-methyl/N-ethyl adjacent to an activating group) is 1. The molecule has 1 atom stereocenters. The predicted molar refractivity (Wildman–Crippen MR) is 118 cm³/mol. The molecule has 0 saturated carbocycles. The molecule has 0 aliphatic carbocycles. The van der Waals surface area contributed by atoms with Crippen LogP contribution in [0.2, 0.25) is 0 Å². The van der Waals surface area contributed by atoms with E-state index in [-0.39, 0.29) is 6.10 Å². The monoisotopic (exact) mass is 436 g/mol. The summed E-state index contributed by atoms with van der Waals surface area (Å²) in [4.78, 5) is 26.4. The van der Waals surface area contributed by atoms with E-state index in [1.54, 1.807) is 31.7 Å². The second-order valence-corrected chi connectivity index (χ2v) is 8.61. The Bertz CT molecular complexity index is 1340. The third kappa shape index (κ3) is 3.40. The normalized spacial score (nSPS) is 15.1. The molecule has 0 saturated heterocycles. The van der Waals surface area contributed by atoms with Gasteiger partial charge >= 0.3 is 6.09 Å². The van der Waals surface area contributed by atoms with Crippen LogP contribution < -0.4 is 9.47 Å². The average Bonchev–Trinajstić information content (AvgIpc) is 3.35. The molecular weight excluding hydrogens is 416 g/mol. The Hall–Kier alpha value is -3.46. The molecule has 3 heterocycles. The first-order valence-corrected chi connectivity index (χ1v) is 10.6. The number of aryl methyl sites for hydroxylation is 1. The van der Waals surface area contributed by atoms with Gasteiger partial charge in [-0.1, -0.05) is 0 Å². The molecule has 0 spiro atoms. The molecule has 5 rings (SSSR count). The number of benzene rings is 2. The summed E-state index contributed by atoms with van der Waals surface area (Å²) in [7, 11) is 3.12. The molecule has 158 valence electrons. The summed E-state index contributed by atoms with van der Waals surface area (Å²) in [6.45, 7) is 2.34. The third-order valence-electron chi connectivity index (χ3n) is 5.36. The number of nitrogens with zero attached hydrogens (tertiary/aromatic N) is 4. The molecule has 1 N–H and O–H groups in total. The molecule has 31 heavy (non-hydrogen) atoms. The Kier molecular flexibility index (Phi) is 4.62. The van der Waals surface area contributed by atoms with E-state index in [2.05, 4.69) is 16.0 Å². The summed E-state index contributed by atoms with van der Waals surface area (Å²) < 4.78 is 12.3. The number of hydrogen-bond donors (Lipinski definition) is 1. The van der Waals surface area contributed by atoms with Crippen LogP contribution in [0, 0.1) is 6.92 Å². The van der Waals surface area contributed by atoms with Crippen molar-refractivity contribution >= 4 is 38.7 Å². The summed E-state index contributed by atoms with van der Waals surface area (Å²) in [5.41, 5.74) is 5.51. The second-order valence-electron chi connectivity index (χ2n) is 7.61. The van der Waals surface area contributed by atoms with Crippen LogP contribution in [0.5, 0.6) is 11.6 Å². The molecule has 4 aromatic rings. The number of methoxy groups -OCH3 is 1. The SMILES string of the molecule is COc1cnc2c(-c3nc4ccc5c(c4s3)CC(CN(C)C(=O)O)O5)cc(C)cc2n1. The largest absolute Gasteiger partial charge is 0.488 e. The lowest BCUT2D eigenvalue weighted by molar-refractivity contribution is 0.129. The molecule has 0 radical (unpaired) electrons. The zero-order valence-electron chi connectivity index (χ0n) is 17.2. The summed E-state index contributed by atoms with van der Waals surface area (Å²) in [5.74, 6) is 1.27. The molecule has 8 nitrogen and oxygen atoms in total. The number of hydrogen-bond acceptors (Lipinski definition) is 7. The van der Waals surface area contributed by atoms with Gasteiger partial charge in [0.25, 0.3) is 0 Å². The van der Waals surface area contributed by atoms with Gasteiger partial charge in [-0.2, -0.15) is 0 Å². The highest BCUT2D eigenvalue weighted by molar-refractivity contribution is 7.22. The Morgan fingerprint density at radius 3 is 2.94 bits per heavy atom. The molecule has 2 aromatic heterocycles. The van der Waals surface area contributed by atoms with E-state index in [0.717, 1.165) is 48.7 Å². The van der Waals surface area contributed by atoms with Crippen molar-refractivity contribution in [2.45, 2.75) is 19.4 Å². The Morgan fingerprint density at radius 2 is 2.16 bits per heavy atom. The number of thiazole rings is 1. The van der Waals surface area contributed by atoms with Gasteiger partial charge in [0, 0.05) is 24.6 Å². The van der Waals surface area contributed by atoms with Gasteiger partial charge < -0.3 is 19.5 Å². The molecule has 1 aliphatic heterocycles. The number of rotatable bonds is 4. The Balaban J connectivity index is 1.57. The van der Waals surface area contributed by atoms with Crippen LogP contribution in [-0.4, -0.2) is 57.9 Å². The minimum absolute atomic E-state index is 0.203. The van der Waals surface area contributed by atoms with Gasteiger partial charge in [-0.25, -0.2) is 19.7 Å². The van der Waals surface area contributed by atoms with E-state index >= 15 is 0 Å². The highest BCUT2D eigenvalue weighted by Gasteiger charge is 2.28. The van der Waals surface area contributed by atoms with E-state index < -0.39 is 6.09 Å². The third-order valence-corrected chi connectivity index (χ3v) is 6.52. The van der Waals surface area contributed by atoms with E-state index in [1.807, 2.05) is 25.1 Å². The van der Waals surface area contributed by atoms with Crippen LogP contribution in [-0.2, 0) is 6.42 Å². The molecule has 2 aromatic carbocycles. The van der Waals surface area contributed by atoms with Gasteiger partial charge in [-0.05, 0) is 36.8 Å². The maximum absolute atomic E-state index is 11.2. The van der Waals surface area contributed by atoms with Crippen LogP contribution >= 0.6 is 11.3 Å². The van der Waals surface area contributed by atoms with Crippen molar-refractivity contribution in [3.8, 4) is 22.2 Å². The highest BCUT2D eigenvalue weighted by Crippen LogP contribution is 2.41. The quantitative estimate of drug-likeness (QED) is 0.513. The van der Waals surface area contributed by atoms with Crippen LogP contribution in [0.3, 0.4) is 0 Å². The topological polar surface area (TPSA) is 97.7 Å². The minimum atomic E-state index is -0.964. The fourth-order valence-corrected chi connectivity index (χ4v) is 5.02. The zero-order valence-corrected chi connectivity index (χ0v) is 18.1. The second kappa shape index (κ2) is 7.35. The van der Waals surface area contributed by atoms with Crippen LogP contribution in [0.15, 0.2) is 30.5 Å². The van der Waals surface area contributed by atoms with E-state index in [0.29, 0.717) is 18.8 Å². The summed E-state index contributed by atoms with van der Waals surface area (Å²) in [6.07, 6.45) is 1.10. The summed E-state index contributed by atoms with van der Waals surface area (Å²) in [6, 6.07) is 7.92. The number of carbonyl (C=O) groups is 1. The lowest BCUT2D eigenvalue weighted by Gasteiger charge is -2.17. The van der Waals surface area contributed by atoms with Gasteiger partial charge in [0.2, 0.25) is 5.88 Å². The Labute approximate surface area is 182 Å². The van der Waals surface area contributed by atoms with Gasteiger partial charge in [0.1, 0.15) is 16.9 Å². The molecule has 0 bridgehead atoms. The van der Waals surface area contributed by atoms with Crippen molar-refractivity contribution in [3.05, 3.63) is 41.6 Å². The highest BCUT2D eigenvalue weighted by atomic mass is 32.1. The Morgan fingerprint density at radius 1 is 1.32 bits per heavy atom. The standard InChI is InChI=1S/C22H20N4O4S/c1-11-6-14(19-16(7-11)24-18(29-3)9-23-19)21-25-15-4-5-17-13(20(15)31-21)8-12(30-17)10-26(2)22(27)28/h4-7,9,12H,8,10H2,1-3H3,(H,27,28). The van der Waals surface area contributed by atoms with Gasteiger partial charge in [0.05, 0.1) is 41.1 Å². The number of ether oxygens (including phenoxy) is 2. The fourth-order valence-electron chi connectivity index (χ4n) is 3.89. The number of fused-ring (bicyclic) bond motifs is 4. The lowest BCUT2D eigenvalue weighted by Crippen LogP contribution is -2.35. The van der Waals surface area contributed by atoms with Gasteiger partial charge in [-0.3, -0.25) is 0 Å². The molecule has 1 amide bonds. The maximum Gasteiger partial charge on any atom is 0.407 e. The molecule has 1 aliphatic rings. The van der Waals surface area contributed by atoms with E-state index in [9.17, 15) is 4.79 Å². The van der Waals surface area contributed by atoms with Crippen molar-refractivity contribution in [1.29, 1.82) is 0 Å². The molecule has 0 fully saturated rings. The summed E-state index contributed by atoms with van der Waals surface area (Å²) >= 11 is 1.60. The van der Waals surface area contributed by atoms with E-state index in [1.165, 1.54) is 4.90 Å². The molecule has 9 heteroatoms. The average molecular weight is 436 g/mol. The molecule has 1 unspecified atom stereocenters. The van der Waals surface area contributed by atoms with Crippen LogP contribution in [0.25, 0.3) is 31.8 Å². The number of amides is 1. The van der Waals surface area contributed by atoms with Gasteiger partial charge in [0.15, 0.2) is 0 Å². The van der Waals surface area contributed by atoms with Crippen molar-refractivity contribution in [1.82, 2.24) is 19.9 Å². The number of aromatic nitrogens is 3. The number of carboxylic acid groups (broad SMARTS) is 1. The fraction of sp³-hybridized carbons (Fsp3) is 0.273. The van der Waals surface area contributed by atoms with Crippen molar-refractivity contribution in [3.63, 3.8) is 0 Å². The van der Waals surface area contributed by atoms with Gasteiger partial charge in [-0.15, -0.1) is 11.3 Å². The minimum Gasteiger partial charge on any atom is -0.488 e. The predicted octanol–water partition coefficient (Wildman–Crippen LogP) is 4.14. The van der Waals surface area contributed by atoms with E-state index in [4.69, 9.17) is 19.6 Å². The maximum atomic E-state index is 11.2. The smallest absolute Gasteiger partial charge is 0.407 e. The molecular formula is C22H20N4O4S. The van der Waals surface area contributed by atoms with Crippen molar-refractivity contribution in [2.24, 2.45) is 0 Å². The lowest BCUT2D eigenvalue weighted by atomic mass is 10.1. The first-order valence-electron chi connectivity index (χ1n) is 9.78. The summed E-state index contributed by atoms with van der Waals surface area (Å²) in [5, 5.41) is 10.0. The van der Waals surface area contributed by atoms with Crippen molar-refractivity contribution < 1.29 is 19.4 Å². The van der Waals surface area contributed by atoms with Crippen LogP contribution in [0.4, 0.5) is 4.79 Å². The van der Waals surface area contributed by atoms with Crippen LogP contribution in [0.1, 0.15) is 11.1 Å². The first-order chi connectivity index (χ1) is 14.9.